The SMILES string of the molecule is Cc1nocc1C(=O)Nc1ccc(-c2cc(F)ccc2OCC(F)(F)F)c(N)n1. The molecule has 7 nitrogen and oxygen atoms in total. The predicted octanol–water partition coefficient (Wildman–Crippen LogP) is 3.96. The van der Waals surface area contributed by atoms with E-state index >= 15 is 0 Å². The number of nitrogens with two attached hydrogens (primary N) is 1. The average Bonchev–Trinajstić information content (AvgIpc) is 3.06. The third kappa shape index (κ3) is 4.81. The number of ether oxygens (including phenoxy) is 1. The molecular weight excluding hydrogens is 396 g/mol. The minimum absolute atomic E-state index is 0.00740. The molecule has 0 radical (unpaired) electrons. The quantitative estimate of drug-likeness (QED) is 0.617. The molecule has 11 heteroatoms. The number of carbonyl (C=O) groups excluding carboxylic acids is 1. The average molecular weight is 410 g/mol. The van der Waals surface area contributed by atoms with Gasteiger partial charge in [0.05, 0.1) is 5.69 Å². The molecule has 29 heavy (non-hydrogen) atoms. The number of pyridine rings is 1. The standard InChI is InChI=1S/C18H14F4N4O3/c1-9-13(7-29-26-9)17(27)25-15-5-3-11(16(23)24-15)12-6-10(19)2-4-14(12)28-8-18(20,21)22/h2-7H,8H2,1H3,(H3,23,24,25,27). The fraction of sp³-hybridized carbons (Fsp3) is 0.167. The van der Waals surface area contributed by atoms with Gasteiger partial charge in [0, 0.05) is 11.1 Å². The number of alkyl halides is 3. The van der Waals surface area contributed by atoms with Crippen molar-refractivity contribution in [3.05, 3.63) is 53.7 Å². The summed E-state index contributed by atoms with van der Waals surface area (Å²) in [4.78, 5) is 16.2. The summed E-state index contributed by atoms with van der Waals surface area (Å²) in [6, 6.07) is 5.77. The Labute approximate surface area is 161 Å². The van der Waals surface area contributed by atoms with Crippen LogP contribution in [0.4, 0.5) is 29.2 Å². The van der Waals surface area contributed by atoms with Crippen LogP contribution >= 0.6 is 0 Å². The molecule has 0 saturated carbocycles. The van der Waals surface area contributed by atoms with Crippen molar-refractivity contribution in [3.8, 4) is 16.9 Å². The first-order chi connectivity index (χ1) is 13.6. The van der Waals surface area contributed by atoms with Gasteiger partial charge in [-0.1, -0.05) is 5.16 Å². The van der Waals surface area contributed by atoms with Crippen molar-refractivity contribution in [2.45, 2.75) is 13.1 Å². The summed E-state index contributed by atoms with van der Waals surface area (Å²) in [5.41, 5.74) is 6.59. The van der Waals surface area contributed by atoms with Crippen molar-refractivity contribution in [1.29, 1.82) is 0 Å². The van der Waals surface area contributed by atoms with Crippen molar-refractivity contribution < 1.29 is 31.6 Å². The van der Waals surface area contributed by atoms with E-state index in [1.165, 1.54) is 18.4 Å². The van der Waals surface area contributed by atoms with E-state index in [0.717, 1.165) is 18.2 Å². The molecule has 0 saturated heterocycles. The number of benzene rings is 1. The number of halogens is 4. The molecule has 0 aliphatic rings. The molecule has 3 N–H and O–H groups in total. The summed E-state index contributed by atoms with van der Waals surface area (Å²) < 4.78 is 60.5. The Morgan fingerprint density at radius 1 is 1.24 bits per heavy atom. The van der Waals surface area contributed by atoms with E-state index in [-0.39, 0.29) is 34.1 Å². The van der Waals surface area contributed by atoms with Crippen LogP contribution in [0.2, 0.25) is 0 Å². The van der Waals surface area contributed by atoms with Gasteiger partial charge in [0.15, 0.2) is 6.61 Å². The lowest BCUT2D eigenvalue weighted by Crippen LogP contribution is -2.19. The van der Waals surface area contributed by atoms with E-state index in [9.17, 15) is 22.4 Å². The molecule has 3 rings (SSSR count). The number of nitrogens with zero attached hydrogens (tertiary/aromatic N) is 2. The lowest BCUT2D eigenvalue weighted by Gasteiger charge is -2.15. The molecule has 2 heterocycles. The number of amides is 1. The summed E-state index contributed by atoms with van der Waals surface area (Å²) in [5.74, 6) is -1.52. The Kier molecular flexibility index (Phi) is 5.39. The van der Waals surface area contributed by atoms with Crippen LogP contribution in [0.3, 0.4) is 0 Å². The van der Waals surface area contributed by atoms with E-state index in [1.54, 1.807) is 6.92 Å². The third-order valence-corrected chi connectivity index (χ3v) is 3.78. The van der Waals surface area contributed by atoms with E-state index in [1.807, 2.05) is 0 Å². The lowest BCUT2D eigenvalue weighted by atomic mass is 10.1. The summed E-state index contributed by atoms with van der Waals surface area (Å²) >= 11 is 0. The Hall–Kier alpha value is -3.63. The number of rotatable bonds is 5. The molecule has 2 aromatic heterocycles. The Morgan fingerprint density at radius 3 is 2.62 bits per heavy atom. The predicted molar refractivity (Wildman–Crippen MR) is 94.8 cm³/mol. The first kappa shape index (κ1) is 20.1. The number of carbonyl (C=O) groups is 1. The number of hydrogen-bond donors (Lipinski definition) is 2. The van der Waals surface area contributed by atoms with Gasteiger partial charge >= 0.3 is 6.18 Å². The number of aromatic nitrogens is 2. The van der Waals surface area contributed by atoms with Crippen LogP contribution in [-0.4, -0.2) is 28.8 Å². The van der Waals surface area contributed by atoms with Gasteiger partial charge in [-0.2, -0.15) is 13.2 Å². The molecule has 0 bridgehead atoms. The second kappa shape index (κ2) is 7.78. The Balaban J connectivity index is 1.88. The molecule has 0 atom stereocenters. The number of nitrogens with one attached hydrogen (secondary N) is 1. The van der Waals surface area contributed by atoms with Crippen molar-refractivity contribution in [2.75, 3.05) is 17.7 Å². The number of anilines is 2. The van der Waals surface area contributed by atoms with E-state index in [0.29, 0.717) is 5.69 Å². The second-order valence-electron chi connectivity index (χ2n) is 5.94. The van der Waals surface area contributed by atoms with Crippen LogP contribution in [0, 0.1) is 12.7 Å². The van der Waals surface area contributed by atoms with Crippen LogP contribution in [0.5, 0.6) is 5.75 Å². The maximum Gasteiger partial charge on any atom is 0.422 e. The van der Waals surface area contributed by atoms with Crippen molar-refractivity contribution >= 4 is 17.5 Å². The van der Waals surface area contributed by atoms with Gasteiger partial charge in [-0.25, -0.2) is 9.37 Å². The number of aryl methyl sites for hydroxylation is 1. The van der Waals surface area contributed by atoms with Gasteiger partial charge in [0.25, 0.3) is 5.91 Å². The Morgan fingerprint density at radius 2 is 2.00 bits per heavy atom. The monoisotopic (exact) mass is 410 g/mol. The molecule has 0 spiro atoms. The van der Waals surface area contributed by atoms with Gasteiger partial charge in [-0.3, -0.25) is 4.79 Å². The van der Waals surface area contributed by atoms with Crippen LogP contribution in [0.25, 0.3) is 11.1 Å². The van der Waals surface area contributed by atoms with E-state index in [4.69, 9.17) is 15.0 Å². The highest BCUT2D eigenvalue weighted by atomic mass is 19.4. The van der Waals surface area contributed by atoms with Gasteiger partial charge in [-0.05, 0) is 37.3 Å². The van der Waals surface area contributed by atoms with Crippen molar-refractivity contribution in [1.82, 2.24) is 10.1 Å². The topological polar surface area (TPSA) is 103 Å². The first-order valence-corrected chi connectivity index (χ1v) is 8.12. The van der Waals surface area contributed by atoms with Crippen molar-refractivity contribution in [3.63, 3.8) is 0 Å². The molecule has 152 valence electrons. The molecule has 1 amide bonds. The highest BCUT2D eigenvalue weighted by Crippen LogP contribution is 2.35. The maximum absolute atomic E-state index is 13.7. The fourth-order valence-corrected chi connectivity index (χ4v) is 2.46. The zero-order valence-electron chi connectivity index (χ0n) is 14.9. The summed E-state index contributed by atoms with van der Waals surface area (Å²) in [6.07, 6.45) is -3.40. The molecule has 0 unspecified atom stereocenters. The first-order valence-electron chi connectivity index (χ1n) is 8.12. The zero-order valence-corrected chi connectivity index (χ0v) is 14.9. The fourth-order valence-electron chi connectivity index (χ4n) is 2.46. The van der Waals surface area contributed by atoms with Crippen LogP contribution in [0.1, 0.15) is 16.1 Å². The molecule has 0 fully saturated rings. The summed E-state index contributed by atoms with van der Waals surface area (Å²) in [5, 5.41) is 6.08. The highest BCUT2D eigenvalue weighted by molar-refractivity contribution is 6.04. The van der Waals surface area contributed by atoms with Crippen LogP contribution in [-0.2, 0) is 0 Å². The number of hydrogen-bond acceptors (Lipinski definition) is 6. The third-order valence-electron chi connectivity index (χ3n) is 3.78. The molecule has 0 aliphatic carbocycles. The highest BCUT2D eigenvalue weighted by Gasteiger charge is 2.29. The number of nitrogen functional groups attached to an aromatic ring is 1. The lowest BCUT2D eigenvalue weighted by molar-refractivity contribution is -0.153. The van der Waals surface area contributed by atoms with Gasteiger partial charge < -0.3 is 20.3 Å². The second-order valence-corrected chi connectivity index (χ2v) is 5.94. The largest absolute Gasteiger partial charge is 0.483 e. The smallest absolute Gasteiger partial charge is 0.422 e. The van der Waals surface area contributed by atoms with Gasteiger partial charge in [-0.15, -0.1) is 0 Å². The van der Waals surface area contributed by atoms with Crippen LogP contribution in [0.15, 0.2) is 41.1 Å². The molecule has 3 aromatic rings. The summed E-state index contributed by atoms with van der Waals surface area (Å²) in [7, 11) is 0. The molecule has 0 aliphatic heterocycles. The summed E-state index contributed by atoms with van der Waals surface area (Å²) in [6.45, 7) is 0.0287. The molecule has 1 aromatic carbocycles. The Bertz CT molecular complexity index is 1050. The van der Waals surface area contributed by atoms with E-state index < -0.39 is 24.5 Å². The van der Waals surface area contributed by atoms with E-state index in [2.05, 4.69) is 15.5 Å². The van der Waals surface area contributed by atoms with Gasteiger partial charge in [0.1, 0.15) is 35.0 Å². The normalized spacial score (nSPS) is 11.3. The minimum atomic E-state index is -4.57. The molecular formula is C18H14F4N4O3. The van der Waals surface area contributed by atoms with Crippen molar-refractivity contribution in [2.24, 2.45) is 0 Å². The maximum atomic E-state index is 13.7. The minimum Gasteiger partial charge on any atom is -0.483 e. The zero-order chi connectivity index (χ0) is 21.2. The van der Waals surface area contributed by atoms with Gasteiger partial charge in [0.2, 0.25) is 0 Å². The van der Waals surface area contributed by atoms with Crippen LogP contribution < -0.4 is 15.8 Å².